The van der Waals surface area contributed by atoms with E-state index in [1.54, 1.807) is 6.08 Å². The molecule has 2 aliphatic rings. The first-order chi connectivity index (χ1) is 7.81. The van der Waals surface area contributed by atoms with Crippen LogP contribution in [0.5, 0.6) is 0 Å². The summed E-state index contributed by atoms with van der Waals surface area (Å²) in [6.07, 6.45) is 12.5. The molecule has 0 aromatic heterocycles. The van der Waals surface area contributed by atoms with E-state index in [2.05, 4.69) is 0 Å². The highest BCUT2D eigenvalue weighted by molar-refractivity contribution is 5.81. The van der Waals surface area contributed by atoms with Gasteiger partial charge in [0.05, 0.1) is 0 Å². The molecule has 2 heteroatoms. The number of carbonyl (C=O) groups is 1. The van der Waals surface area contributed by atoms with Crippen molar-refractivity contribution in [2.45, 2.75) is 58.0 Å². The summed E-state index contributed by atoms with van der Waals surface area (Å²) >= 11 is 0. The summed E-state index contributed by atoms with van der Waals surface area (Å²) in [4.78, 5) is 11.5. The van der Waals surface area contributed by atoms with Crippen molar-refractivity contribution < 1.29 is 9.53 Å². The highest BCUT2D eigenvalue weighted by atomic mass is 16.5. The Morgan fingerprint density at radius 3 is 2.56 bits per heavy atom. The third-order valence-corrected chi connectivity index (χ3v) is 4.08. The lowest BCUT2D eigenvalue weighted by atomic mass is 9.88. The van der Waals surface area contributed by atoms with Crippen LogP contribution in [0, 0.1) is 11.8 Å². The standard InChI is InChI=1S/C14H22O2/c1-2-6-14(15)16-13-10-5-9-12(13)11-7-3-4-8-11/h2,6,11-13H,3-5,7-10H2,1H3. The average Bonchev–Trinajstić information content (AvgIpc) is 2.86. The summed E-state index contributed by atoms with van der Waals surface area (Å²) in [5.41, 5.74) is 0. The molecule has 2 saturated carbocycles. The third-order valence-electron chi connectivity index (χ3n) is 4.08. The maximum absolute atomic E-state index is 11.5. The van der Waals surface area contributed by atoms with Crippen molar-refractivity contribution >= 4 is 5.97 Å². The molecule has 2 fully saturated rings. The molecule has 0 aromatic carbocycles. The molecule has 2 aliphatic carbocycles. The lowest BCUT2D eigenvalue weighted by Gasteiger charge is -2.24. The first-order valence-electron chi connectivity index (χ1n) is 6.64. The summed E-state index contributed by atoms with van der Waals surface area (Å²) in [5.74, 6) is 1.32. The maximum Gasteiger partial charge on any atom is 0.330 e. The van der Waals surface area contributed by atoms with E-state index >= 15 is 0 Å². The molecule has 0 saturated heterocycles. The molecule has 16 heavy (non-hydrogen) atoms. The molecule has 0 heterocycles. The quantitative estimate of drug-likeness (QED) is 0.540. The fraction of sp³-hybridized carbons (Fsp3) is 0.786. The van der Waals surface area contributed by atoms with Gasteiger partial charge >= 0.3 is 5.97 Å². The second kappa shape index (κ2) is 5.51. The van der Waals surface area contributed by atoms with Crippen molar-refractivity contribution in [1.29, 1.82) is 0 Å². The predicted molar refractivity (Wildman–Crippen MR) is 64.0 cm³/mol. The fourth-order valence-corrected chi connectivity index (χ4v) is 3.35. The zero-order chi connectivity index (χ0) is 11.4. The summed E-state index contributed by atoms with van der Waals surface area (Å²) in [6, 6.07) is 0. The molecule has 0 radical (unpaired) electrons. The van der Waals surface area contributed by atoms with E-state index in [-0.39, 0.29) is 12.1 Å². The minimum Gasteiger partial charge on any atom is -0.459 e. The van der Waals surface area contributed by atoms with Crippen LogP contribution in [0.2, 0.25) is 0 Å². The number of rotatable bonds is 3. The van der Waals surface area contributed by atoms with E-state index in [9.17, 15) is 4.79 Å². The van der Waals surface area contributed by atoms with Crippen LogP contribution in [-0.2, 0) is 9.53 Å². The minimum absolute atomic E-state index is 0.155. The Kier molecular flexibility index (Phi) is 4.03. The van der Waals surface area contributed by atoms with Crippen LogP contribution >= 0.6 is 0 Å². The molecule has 2 unspecified atom stereocenters. The van der Waals surface area contributed by atoms with Crippen molar-refractivity contribution in [1.82, 2.24) is 0 Å². The van der Waals surface area contributed by atoms with Gasteiger partial charge in [-0.05, 0) is 38.0 Å². The molecule has 90 valence electrons. The number of hydrogen-bond donors (Lipinski definition) is 0. The topological polar surface area (TPSA) is 26.3 Å². The number of ether oxygens (including phenoxy) is 1. The number of esters is 1. The summed E-state index contributed by atoms with van der Waals surface area (Å²) in [6.45, 7) is 1.85. The second-order valence-corrected chi connectivity index (χ2v) is 5.11. The van der Waals surface area contributed by atoms with E-state index in [4.69, 9.17) is 4.74 Å². The Hall–Kier alpha value is -0.790. The van der Waals surface area contributed by atoms with Crippen molar-refractivity contribution in [2.75, 3.05) is 0 Å². The first-order valence-corrected chi connectivity index (χ1v) is 6.64. The van der Waals surface area contributed by atoms with E-state index in [1.807, 2.05) is 6.92 Å². The third kappa shape index (κ3) is 2.66. The van der Waals surface area contributed by atoms with E-state index in [0.29, 0.717) is 5.92 Å². The SMILES string of the molecule is CC=CC(=O)OC1CCCC1C1CCCC1. The van der Waals surface area contributed by atoms with Gasteiger partial charge < -0.3 is 4.74 Å². The van der Waals surface area contributed by atoms with Crippen LogP contribution in [0.15, 0.2) is 12.2 Å². The van der Waals surface area contributed by atoms with Crippen LogP contribution < -0.4 is 0 Å². The van der Waals surface area contributed by atoms with Gasteiger partial charge in [-0.3, -0.25) is 0 Å². The average molecular weight is 222 g/mol. The van der Waals surface area contributed by atoms with Gasteiger partial charge in [0.2, 0.25) is 0 Å². The van der Waals surface area contributed by atoms with Gasteiger partial charge in [0, 0.05) is 6.08 Å². The summed E-state index contributed by atoms with van der Waals surface area (Å²) in [5, 5.41) is 0. The van der Waals surface area contributed by atoms with Crippen molar-refractivity contribution in [3.05, 3.63) is 12.2 Å². The lowest BCUT2D eigenvalue weighted by Crippen LogP contribution is -2.26. The molecule has 0 bridgehead atoms. The van der Waals surface area contributed by atoms with Crippen molar-refractivity contribution in [3.63, 3.8) is 0 Å². The zero-order valence-corrected chi connectivity index (χ0v) is 10.2. The molecule has 0 aromatic rings. The van der Waals surface area contributed by atoms with E-state index in [1.165, 1.54) is 44.6 Å². The number of allylic oxidation sites excluding steroid dienone is 1. The summed E-state index contributed by atoms with van der Waals surface area (Å²) in [7, 11) is 0. The highest BCUT2D eigenvalue weighted by Gasteiger charge is 2.36. The second-order valence-electron chi connectivity index (χ2n) is 5.11. The van der Waals surface area contributed by atoms with Gasteiger partial charge in [-0.15, -0.1) is 0 Å². The fourth-order valence-electron chi connectivity index (χ4n) is 3.35. The molecular formula is C14H22O2. The molecule has 2 rings (SSSR count). The predicted octanol–water partition coefficient (Wildman–Crippen LogP) is 3.46. The highest BCUT2D eigenvalue weighted by Crippen LogP contribution is 2.41. The van der Waals surface area contributed by atoms with Crippen molar-refractivity contribution in [2.24, 2.45) is 11.8 Å². The molecule has 0 aliphatic heterocycles. The Labute approximate surface area is 98.1 Å². The van der Waals surface area contributed by atoms with E-state index < -0.39 is 0 Å². The number of carbonyl (C=O) groups excluding carboxylic acids is 1. The Bertz CT molecular complexity index is 264. The number of hydrogen-bond acceptors (Lipinski definition) is 2. The van der Waals surface area contributed by atoms with Gasteiger partial charge in [-0.1, -0.05) is 31.8 Å². The maximum atomic E-state index is 11.5. The van der Waals surface area contributed by atoms with Gasteiger partial charge in [-0.2, -0.15) is 0 Å². The molecule has 0 N–H and O–H groups in total. The largest absolute Gasteiger partial charge is 0.459 e. The van der Waals surface area contributed by atoms with Gasteiger partial charge in [0.1, 0.15) is 6.10 Å². The lowest BCUT2D eigenvalue weighted by molar-refractivity contribution is -0.145. The molecule has 0 amide bonds. The van der Waals surface area contributed by atoms with Gasteiger partial charge in [0.15, 0.2) is 0 Å². The van der Waals surface area contributed by atoms with E-state index in [0.717, 1.165) is 12.3 Å². The molecule has 2 atom stereocenters. The summed E-state index contributed by atoms with van der Waals surface area (Å²) < 4.78 is 5.55. The van der Waals surface area contributed by atoms with Gasteiger partial charge in [-0.25, -0.2) is 4.79 Å². The van der Waals surface area contributed by atoms with Crippen LogP contribution in [0.3, 0.4) is 0 Å². The van der Waals surface area contributed by atoms with Crippen LogP contribution in [0.4, 0.5) is 0 Å². The van der Waals surface area contributed by atoms with Crippen molar-refractivity contribution in [3.8, 4) is 0 Å². The van der Waals surface area contributed by atoms with Crippen LogP contribution in [-0.4, -0.2) is 12.1 Å². The Morgan fingerprint density at radius 1 is 1.12 bits per heavy atom. The van der Waals surface area contributed by atoms with Gasteiger partial charge in [0.25, 0.3) is 0 Å². The van der Waals surface area contributed by atoms with Crippen LogP contribution in [0.1, 0.15) is 51.9 Å². The molecule has 2 nitrogen and oxygen atoms in total. The first kappa shape index (κ1) is 11.7. The zero-order valence-electron chi connectivity index (χ0n) is 10.2. The Balaban J connectivity index is 1.89. The molecular weight excluding hydrogens is 200 g/mol. The minimum atomic E-state index is -0.155. The monoisotopic (exact) mass is 222 g/mol. The smallest absolute Gasteiger partial charge is 0.330 e. The Morgan fingerprint density at radius 2 is 1.88 bits per heavy atom. The molecule has 0 spiro atoms. The normalized spacial score (nSPS) is 31.3. The van der Waals surface area contributed by atoms with Crippen LogP contribution in [0.25, 0.3) is 0 Å².